The van der Waals surface area contributed by atoms with E-state index < -0.39 is 5.82 Å². The van der Waals surface area contributed by atoms with E-state index in [9.17, 15) is 14.0 Å². The Kier molecular flexibility index (Phi) is 5.51. The SMILES string of the molecule is COc1ccc(C(=O)N[C@@H]2CC3(NC(=O)COc4ccc(Cl)c(F)c4)CC2C3)cn1. The predicted octanol–water partition coefficient (Wildman–Crippen LogP) is 2.73. The van der Waals surface area contributed by atoms with Gasteiger partial charge in [-0.3, -0.25) is 9.59 Å². The molecule has 5 rings (SSSR count). The molecule has 0 saturated heterocycles. The summed E-state index contributed by atoms with van der Waals surface area (Å²) in [6, 6.07) is 7.31. The van der Waals surface area contributed by atoms with Gasteiger partial charge in [-0.05, 0) is 43.4 Å². The van der Waals surface area contributed by atoms with Gasteiger partial charge in [0.15, 0.2) is 6.61 Å². The number of rotatable bonds is 7. The first kappa shape index (κ1) is 20.4. The van der Waals surface area contributed by atoms with Gasteiger partial charge in [-0.15, -0.1) is 0 Å². The number of nitrogens with one attached hydrogen (secondary N) is 2. The molecule has 158 valence electrons. The molecule has 2 aromatic rings. The molecule has 0 spiro atoms. The summed E-state index contributed by atoms with van der Waals surface area (Å²) in [5.41, 5.74) is 0.133. The first-order valence-corrected chi connectivity index (χ1v) is 9.95. The van der Waals surface area contributed by atoms with Gasteiger partial charge in [0.2, 0.25) is 5.88 Å². The average molecular weight is 434 g/mol. The van der Waals surface area contributed by atoms with E-state index in [0.29, 0.717) is 23.8 Å². The number of benzene rings is 1. The Balaban J connectivity index is 1.27. The van der Waals surface area contributed by atoms with E-state index in [1.54, 1.807) is 12.1 Å². The lowest BCUT2D eigenvalue weighted by Gasteiger charge is -2.39. The standard InChI is InChI=1S/C21H21ClFN3O4/c1-29-19-5-2-12(10-24-19)20(28)25-17-9-21(7-13(17)8-21)26-18(27)11-30-14-3-4-15(22)16(23)6-14/h2-6,10,13,17H,7-9,11H2,1H3,(H,25,28)(H,26,27)/t13?,17-,21?/m1/s1. The second-order valence-corrected chi connectivity index (χ2v) is 8.14. The van der Waals surface area contributed by atoms with Crippen LogP contribution in [0.15, 0.2) is 36.5 Å². The zero-order chi connectivity index (χ0) is 21.3. The van der Waals surface area contributed by atoms with Crippen molar-refractivity contribution in [1.82, 2.24) is 15.6 Å². The lowest BCUT2D eigenvalue weighted by molar-refractivity contribution is -0.125. The summed E-state index contributed by atoms with van der Waals surface area (Å²) in [5.74, 6) is -0.0730. The Morgan fingerprint density at radius 2 is 2.07 bits per heavy atom. The fourth-order valence-electron chi connectivity index (χ4n) is 4.24. The van der Waals surface area contributed by atoms with Crippen LogP contribution >= 0.6 is 11.6 Å². The number of amides is 2. The normalized spacial score (nSPS) is 24.0. The minimum atomic E-state index is -0.601. The van der Waals surface area contributed by atoms with Crippen LogP contribution < -0.4 is 20.1 Å². The van der Waals surface area contributed by atoms with Crippen LogP contribution in [0.1, 0.15) is 29.6 Å². The van der Waals surface area contributed by atoms with Gasteiger partial charge in [-0.2, -0.15) is 0 Å². The van der Waals surface area contributed by atoms with Crippen molar-refractivity contribution in [1.29, 1.82) is 0 Å². The molecule has 7 nitrogen and oxygen atoms in total. The highest BCUT2D eigenvalue weighted by Crippen LogP contribution is 2.52. The van der Waals surface area contributed by atoms with E-state index in [2.05, 4.69) is 15.6 Å². The van der Waals surface area contributed by atoms with Crippen molar-refractivity contribution in [3.8, 4) is 11.6 Å². The number of fused-ring (bicyclic) bond motifs is 1. The van der Waals surface area contributed by atoms with Crippen LogP contribution in [0.2, 0.25) is 5.02 Å². The molecule has 2 amide bonds. The molecule has 3 aliphatic rings. The highest BCUT2D eigenvalue weighted by molar-refractivity contribution is 6.30. The monoisotopic (exact) mass is 433 g/mol. The largest absolute Gasteiger partial charge is 0.484 e. The van der Waals surface area contributed by atoms with Gasteiger partial charge in [-0.25, -0.2) is 9.37 Å². The first-order chi connectivity index (χ1) is 14.4. The Hall–Kier alpha value is -2.87. The number of hydrogen-bond donors (Lipinski definition) is 2. The molecule has 2 bridgehead atoms. The molecule has 0 radical (unpaired) electrons. The molecule has 1 aromatic heterocycles. The van der Waals surface area contributed by atoms with Gasteiger partial charge in [-0.1, -0.05) is 11.6 Å². The number of pyridine rings is 1. The average Bonchev–Trinajstić information content (AvgIpc) is 3.22. The maximum Gasteiger partial charge on any atom is 0.258 e. The number of methoxy groups -OCH3 is 1. The minimum absolute atomic E-state index is 0.00401. The van der Waals surface area contributed by atoms with Crippen molar-refractivity contribution >= 4 is 23.4 Å². The Labute approximate surface area is 177 Å². The molecule has 1 atom stereocenters. The van der Waals surface area contributed by atoms with Crippen LogP contribution in [0.3, 0.4) is 0 Å². The van der Waals surface area contributed by atoms with E-state index in [0.717, 1.165) is 18.9 Å². The van der Waals surface area contributed by atoms with Crippen LogP contribution in [-0.4, -0.2) is 42.1 Å². The topological polar surface area (TPSA) is 89.6 Å². The van der Waals surface area contributed by atoms with E-state index >= 15 is 0 Å². The quantitative estimate of drug-likeness (QED) is 0.700. The summed E-state index contributed by atoms with van der Waals surface area (Å²) in [7, 11) is 1.51. The van der Waals surface area contributed by atoms with Gasteiger partial charge in [0, 0.05) is 29.9 Å². The molecule has 9 heteroatoms. The number of carbonyl (C=O) groups excluding carboxylic acids is 2. The van der Waals surface area contributed by atoms with Crippen LogP contribution in [-0.2, 0) is 4.79 Å². The summed E-state index contributed by atoms with van der Waals surface area (Å²) >= 11 is 5.63. The van der Waals surface area contributed by atoms with E-state index in [1.165, 1.54) is 25.4 Å². The van der Waals surface area contributed by atoms with Gasteiger partial charge >= 0.3 is 0 Å². The molecular formula is C21H21ClFN3O4. The number of ether oxygens (including phenoxy) is 2. The van der Waals surface area contributed by atoms with Crippen molar-refractivity contribution in [3.05, 3.63) is 52.9 Å². The van der Waals surface area contributed by atoms with E-state index in [-0.39, 0.29) is 40.8 Å². The third kappa shape index (κ3) is 4.18. The molecule has 30 heavy (non-hydrogen) atoms. The van der Waals surface area contributed by atoms with Crippen molar-refractivity contribution in [3.63, 3.8) is 0 Å². The fourth-order valence-corrected chi connectivity index (χ4v) is 4.36. The Morgan fingerprint density at radius 3 is 2.73 bits per heavy atom. The number of hydrogen-bond acceptors (Lipinski definition) is 5. The highest BCUT2D eigenvalue weighted by Gasteiger charge is 2.57. The maximum absolute atomic E-state index is 13.4. The smallest absolute Gasteiger partial charge is 0.258 e. The van der Waals surface area contributed by atoms with Crippen molar-refractivity contribution in [2.45, 2.75) is 30.8 Å². The fraction of sp³-hybridized carbons (Fsp3) is 0.381. The first-order valence-electron chi connectivity index (χ1n) is 9.57. The van der Waals surface area contributed by atoms with Crippen LogP contribution in [0.5, 0.6) is 11.6 Å². The molecule has 3 aliphatic carbocycles. The van der Waals surface area contributed by atoms with Crippen molar-refractivity contribution in [2.75, 3.05) is 13.7 Å². The van der Waals surface area contributed by atoms with Crippen LogP contribution in [0, 0.1) is 11.7 Å². The van der Waals surface area contributed by atoms with Crippen molar-refractivity contribution < 1.29 is 23.5 Å². The number of carbonyl (C=O) groups is 2. The molecule has 3 saturated carbocycles. The summed E-state index contributed by atoms with van der Waals surface area (Å²) in [6.45, 7) is -0.220. The lowest BCUT2D eigenvalue weighted by atomic mass is 9.76. The predicted molar refractivity (Wildman–Crippen MR) is 107 cm³/mol. The second kappa shape index (κ2) is 8.10. The summed E-state index contributed by atoms with van der Waals surface area (Å²) in [5, 5.41) is 6.04. The van der Waals surface area contributed by atoms with E-state index in [4.69, 9.17) is 21.1 Å². The van der Waals surface area contributed by atoms with E-state index in [1.807, 2.05) is 0 Å². The molecule has 3 fully saturated rings. The van der Waals surface area contributed by atoms with Gasteiger partial charge in [0.1, 0.15) is 11.6 Å². The third-order valence-electron chi connectivity index (χ3n) is 5.68. The highest BCUT2D eigenvalue weighted by atomic mass is 35.5. The number of nitrogens with zero attached hydrogens (tertiary/aromatic N) is 1. The Bertz CT molecular complexity index is 963. The zero-order valence-electron chi connectivity index (χ0n) is 16.3. The van der Waals surface area contributed by atoms with Crippen LogP contribution in [0.4, 0.5) is 4.39 Å². The summed E-state index contributed by atoms with van der Waals surface area (Å²) in [4.78, 5) is 28.8. The number of aromatic nitrogens is 1. The molecule has 2 N–H and O–H groups in total. The Morgan fingerprint density at radius 1 is 1.27 bits per heavy atom. The number of halogens is 2. The maximum atomic E-state index is 13.4. The molecule has 0 unspecified atom stereocenters. The van der Waals surface area contributed by atoms with Gasteiger partial charge in [0.05, 0.1) is 17.7 Å². The van der Waals surface area contributed by atoms with Crippen LogP contribution in [0.25, 0.3) is 0 Å². The third-order valence-corrected chi connectivity index (χ3v) is 5.98. The van der Waals surface area contributed by atoms with Crippen molar-refractivity contribution in [2.24, 2.45) is 5.92 Å². The molecule has 1 heterocycles. The molecule has 1 aromatic carbocycles. The molecule has 0 aliphatic heterocycles. The minimum Gasteiger partial charge on any atom is -0.484 e. The zero-order valence-corrected chi connectivity index (χ0v) is 17.0. The van der Waals surface area contributed by atoms with Gasteiger partial charge in [0.25, 0.3) is 11.8 Å². The lowest BCUT2D eigenvalue weighted by Crippen LogP contribution is -2.53. The summed E-state index contributed by atoms with van der Waals surface area (Å²) in [6.07, 6.45) is 3.75. The summed E-state index contributed by atoms with van der Waals surface area (Å²) < 4.78 is 23.8. The second-order valence-electron chi connectivity index (χ2n) is 7.73. The van der Waals surface area contributed by atoms with Gasteiger partial charge < -0.3 is 20.1 Å². The molecular weight excluding hydrogens is 413 g/mol.